The first-order valence-electron chi connectivity index (χ1n) is 11.6. The highest BCUT2D eigenvalue weighted by atomic mass is 79.9. The molecule has 2 aliphatic carbocycles. The fourth-order valence-electron chi connectivity index (χ4n) is 5.98. The van der Waals surface area contributed by atoms with Crippen molar-refractivity contribution in [3.63, 3.8) is 0 Å². The van der Waals surface area contributed by atoms with Crippen molar-refractivity contribution in [1.29, 1.82) is 0 Å². The van der Waals surface area contributed by atoms with E-state index in [0.717, 1.165) is 4.47 Å². The first-order valence-corrected chi connectivity index (χ1v) is 12.4. The number of fused-ring (bicyclic) bond motifs is 10. The molecule has 0 unspecified atom stereocenters. The van der Waals surface area contributed by atoms with Crippen LogP contribution in [0.15, 0.2) is 120 Å². The molecule has 0 saturated heterocycles. The van der Waals surface area contributed by atoms with Crippen molar-refractivity contribution in [1.82, 2.24) is 0 Å². The Bertz CT molecular complexity index is 1540. The second kappa shape index (κ2) is 7.41. The molecule has 0 radical (unpaired) electrons. The van der Waals surface area contributed by atoms with Gasteiger partial charge in [0.25, 0.3) is 0 Å². The Kier molecular flexibility index (Phi) is 4.31. The molecule has 0 N–H and O–H groups in total. The molecule has 2 aliphatic rings. The molecule has 0 amide bonds. The maximum atomic E-state index is 3.53. The standard InChI is InChI=1S/C33H21Br/c34-24-18-15-22(16-19-24)13-14-23-17-20-28-27-9-3-6-12-31(27)33(32(28)21-23)29-10-4-1-7-25(29)26-8-2-5-11-30(26)33/h1-21H. The van der Waals surface area contributed by atoms with Crippen LogP contribution in [0.3, 0.4) is 0 Å². The van der Waals surface area contributed by atoms with Gasteiger partial charge in [-0.3, -0.25) is 0 Å². The molecular weight excluding hydrogens is 476 g/mol. The highest BCUT2D eigenvalue weighted by Gasteiger charge is 2.51. The Balaban J connectivity index is 1.49. The van der Waals surface area contributed by atoms with Crippen molar-refractivity contribution >= 4 is 28.1 Å². The van der Waals surface area contributed by atoms with Gasteiger partial charge in [-0.2, -0.15) is 0 Å². The van der Waals surface area contributed by atoms with Gasteiger partial charge in [0.2, 0.25) is 0 Å². The zero-order chi connectivity index (χ0) is 22.7. The van der Waals surface area contributed by atoms with Gasteiger partial charge in [0.1, 0.15) is 0 Å². The van der Waals surface area contributed by atoms with Crippen LogP contribution in [0, 0.1) is 0 Å². The molecule has 0 aliphatic heterocycles. The summed E-state index contributed by atoms with van der Waals surface area (Å²) >= 11 is 3.53. The van der Waals surface area contributed by atoms with Gasteiger partial charge in [0, 0.05) is 4.47 Å². The lowest BCUT2D eigenvalue weighted by Crippen LogP contribution is -2.25. The Morgan fingerprint density at radius 2 is 0.882 bits per heavy atom. The van der Waals surface area contributed by atoms with E-state index in [0.29, 0.717) is 0 Å². The third kappa shape index (κ3) is 2.65. The maximum Gasteiger partial charge on any atom is 0.0725 e. The Morgan fingerprint density at radius 3 is 1.44 bits per heavy atom. The van der Waals surface area contributed by atoms with Crippen molar-refractivity contribution in [2.24, 2.45) is 0 Å². The maximum absolute atomic E-state index is 3.53. The van der Waals surface area contributed by atoms with Crippen LogP contribution in [0.25, 0.3) is 34.4 Å². The molecule has 0 bridgehead atoms. The summed E-state index contributed by atoms with van der Waals surface area (Å²) in [5.41, 5.74) is 13.0. The number of halogens is 1. The van der Waals surface area contributed by atoms with Crippen LogP contribution in [0.4, 0.5) is 0 Å². The van der Waals surface area contributed by atoms with E-state index in [4.69, 9.17) is 0 Å². The van der Waals surface area contributed by atoms with Gasteiger partial charge >= 0.3 is 0 Å². The Morgan fingerprint density at radius 1 is 0.441 bits per heavy atom. The molecule has 0 nitrogen and oxygen atoms in total. The Hall–Kier alpha value is -3.68. The summed E-state index contributed by atoms with van der Waals surface area (Å²) in [7, 11) is 0. The summed E-state index contributed by atoms with van der Waals surface area (Å²) in [6, 6.07) is 42.3. The molecule has 1 heteroatoms. The quantitative estimate of drug-likeness (QED) is 0.209. The summed E-state index contributed by atoms with van der Waals surface area (Å²) in [5.74, 6) is 0. The molecule has 0 atom stereocenters. The smallest absolute Gasteiger partial charge is 0.0619 e. The lowest BCUT2D eigenvalue weighted by atomic mass is 9.70. The van der Waals surface area contributed by atoms with Gasteiger partial charge in [-0.05, 0) is 73.8 Å². The normalized spacial score (nSPS) is 14.1. The summed E-state index contributed by atoms with van der Waals surface area (Å²) in [5, 5.41) is 0. The van der Waals surface area contributed by atoms with Gasteiger partial charge < -0.3 is 0 Å². The van der Waals surface area contributed by atoms with E-state index < -0.39 is 0 Å². The van der Waals surface area contributed by atoms with Crippen LogP contribution in [-0.4, -0.2) is 0 Å². The minimum absolute atomic E-state index is 0.277. The molecule has 160 valence electrons. The van der Waals surface area contributed by atoms with Crippen molar-refractivity contribution in [3.8, 4) is 22.3 Å². The van der Waals surface area contributed by atoms with Crippen LogP contribution in [-0.2, 0) is 5.41 Å². The van der Waals surface area contributed by atoms with Crippen LogP contribution >= 0.6 is 15.9 Å². The van der Waals surface area contributed by atoms with E-state index in [1.807, 2.05) is 0 Å². The average molecular weight is 497 g/mol. The van der Waals surface area contributed by atoms with Crippen LogP contribution in [0.5, 0.6) is 0 Å². The molecule has 34 heavy (non-hydrogen) atoms. The van der Waals surface area contributed by atoms with E-state index in [9.17, 15) is 0 Å². The summed E-state index contributed by atoms with van der Waals surface area (Å²) in [6.07, 6.45) is 4.42. The fourth-order valence-corrected chi connectivity index (χ4v) is 6.25. The van der Waals surface area contributed by atoms with Gasteiger partial charge in [-0.15, -0.1) is 0 Å². The first kappa shape index (κ1) is 19.8. The molecule has 0 heterocycles. The molecular formula is C33H21Br. The van der Waals surface area contributed by atoms with E-state index in [-0.39, 0.29) is 5.41 Å². The predicted octanol–water partition coefficient (Wildman–Crippen LogP) is 8.96. The minimum Gasteiger partial charge on any atom is -0.0619 e. The van der Waals surface area contributed by atoms with Crippen LogP contribution < -0.4 is 0 Å². The Labute approximate surface area is 208 Å². The van der Waals surface area contributed by atoms with Gasteiger partial charge in [0.05, 0.1) is 5.41 Å². The third-order valence-electron chi connectivity index (χ3n) is 7.36. The summed E-state index contributed by atoms with van der Waals surface area (Å²) < 4.78 is 1.10. The van der Waals surface area contributed by atoms with Crippen molar-refractivity contribution in [2.75, 3.05) is 0 Å². The second-order valence-corrected chi connectivity index (χ2v) is 9.99. The molecule has 0 aromatic heterocycles. The highest BCUT2D eigenvalue weighted by molar-refractivity contribution is 9.10. The predicted molar refractivity (Wildman–Crippen MR) is 146 cm³/mol. The number of benzene rings is 5. The van der Waals surface area contributed by atoms with Crippen molar-refractivity contribution in [3.05, 3.63) is 153 Å². The topological polar surface area (TPSA) is 0 Å². The lowest BCUT2D eigenvalue weighted by Gasteiger charge is -2.30. The molecule has 0 saturated carbocycles. The largest absolute Gasteiger partial charge is 0.0725 e. The van der Waals surface area contributed by atoms with E-state index in [1.54, 1.807) is 0 Å². The summed E-state index contributed by atoms with van der Waals surface area (Å²) in [4.78, 5) is 0. The van der Waals surface area contributed by atoms with Crippen LogP contribution in [0.2, 0.25) is 0 Å². The third-order valence-corrected chi connectivity index (χ3v) is 7.89. The summed E-state index contributed by atoms with van der Waals surface area (Å²) in [6.45, 7) is 0. The SMILES string of the molecule is Brc1ccc(C=Cc2ccc3c(c2)C2(c4ccccc4-c4ccccc42)c2ccccc2-3)cc1. The highest BCUT2D eigenvalue weighted by Crippen LogP contribution is 2.62. The number of rotatable bonds is 2. The molecule has 7 rings (SSSR count). The van der Waals surface area contributed by atoms with E-state index in [2.05, 4.69) is 143 Å². The zero-order valence-electron chi connectivity index (χ0n) is 18.5. The van der Waals surface area contributed by atoms with E-state index in [1.165, 1.54) is 55.6 Å². The van der Waals surface area contributed by atoms with Gasteiger partial charge in [-0.25, -0.2) is 0 Å². The monoisotopic (exact) mass is 496 g/mol. The molecule has 5 aromatic carbocycles. The average Bonchev–Trinajstić information content (AvgIpc) is 3.36. The first-order chi connectivity index (χ1) is 16.8. The molecule has 1 spiro atoms. The second-order valence-electron chi connectivity index (χ2n) is 9.08. The zero-order valence-corrected chi connectivity index (χ0v) is 20.1. The van der Waals surface area contributed by atoms with Gasteiger partial charge in [-0.1, -0.05) is 125 Å². The van der Waals surface area contributed by atoms with Gasteiger partial charge in [0.15, 0.2) is 0 Å². The molecule has 5 aromatic rings. The van der Waals surface area contributed by atoms with Crippen LogP contribution in [0.1, 0.15) is 33.4 Å². The fraction of sp³-hybridized carbons (Fsp3) is 0.0303. The minimum atomic E-state index is -0.277. The van der Waals surface area contributed by atoms with Crippen molar-refractivity contribution in [2.45, 2.75) is 5.41 Å². The molecule has 0 fully saturated rings. The van der Waals surface area contributed by atoms with E-state index >= 15 is 0 Å². The number of hydrogen-bond acceptors (Lipinski definition) is 0. The van der Waals surface area contributed by atoms with Crippen molar-refractivity contribution < 1.29 is 0 Å². The lowest BCUT2D eigenvalue weighted by molar-refractivity contribution is 0.793. The number of hydrogen-bond donors (Lipinski definition) is 0.